The maximum atomic E-state index is 13.2. The number of rotatable bonds is 8. The number of carbonyl (C=O) groups is 1. The fourth-order valence-electron chi connectivity index (χ4n) is 4.37. The van der Waals surface area contributed by atoms with Crippen molar-refractivity contribution in [2.75, 3.05) is 25.0 Å². The Hall–Kier alpha value is -3.10. The lowest BCUT2D eigenvalue weighted by molar-refractivity contribution is 0.102. The topological polar surface area (TPSA) is 80.6 Å². The summed E-state index contributed by atoms with van der Waals surface area (Å²) in [4.78, 5) is 13.3. The molecule has 180 valence electrons. The summed E-state index contributed by atoms with van der Waals surface area (Å²) in [5.41, 5.74) is 3.97. The van der Waals surface area contributed by atoms with Gasteiger partial charge in [-0.1, -0.05) is 30.3 Å². The fraction of sp³-hybridized carbons (Fsp3) is 0.346. The minimum atomic E-state index is -3.71. The monoisotopic (exact) mass is 481 g/mol. The molecule has 0 bridgehead atoms. The predicted molar refractivity (Wildman–Crippen MR) is 133 cm³/mol. The third kappa shape index (κ3) is 4.88. The molecule has 2 aromatic carbocycles. The number of hydrogen-bond acceptors (Lipinski definition) is 4. The molecule has 1 saturated heterocycles. The van der Waals surface area contributed by atoms with Gasteiger partial charge in [0.05, 0.1) is 12.2 Å². The van der Waals surface area contributed by atoms with Crippen molar-refractivity contribution in [2.24, 2.45) is 0 Å². The quantitative estimate of drug-likeness (QED) is 0.510. The van der Waals surface area contributed by atoms with E-state index in [-0.39, 0.29) is 10.8 Å². The van der Waals surface area contributed by atoms with Gasteiger partial charge in [0, 0.05) is 36.7 Å². The van der Waals surface area contributed by atoms with E-state index in [0.717, 1.165) is 29.8 Å². The van der Waals surface area contributed by atoms with Crippen molar-refractivity contribution < 1.29 is 17.9 Å². The van der Waals surface area contributed by atoms with Gasteiger partial charge < -0.3 is 14.6 Å². The second kappa shape index (κ2) is 10.0. The molecule has 34 heavy (non-hydrogen) atoms. The van der Waals surface area contributed by atoms with Crippen molar-refractivity contribution in [3.63, 3.8) is 0 Å². The van der Waals surface area contributed by atoms with Gasteiger partial charge in [-0.25, -0.2) is 8.42 Å². The molecule has 0 spiro atoms. The highest BCUT2D eigenvalue weighted by molar-refractivity contribution is 7.89. The maximum Gasteiger partial charge on any atom is 0.257 e. The van der Waals surface area contributed by atoms with Crippen LogP contribution >= 0.6 is 0 Å². The molecule has 4 rings (SSSR count). The van der Waals surface area contributed by atoms with E-state index in [2.05, 4.69) is 22.0 Å². The number of hydrogen-bond donors (Lipinski definition) is 1. The van der Waals surface area contributed by atoms with Crippen LogP contribution in [0.5, 0.6) is 5.75 Å². The molecule has 8 heteroatoms. The largest absolute Gasteiger partial charge is 0.492 e. The zero-order valence-electron chi connectivity index (χ0n) is 19.9. The van der Waals surface area contributed by atoms with Crippen molar-refractivity contribution in [1.29, 1.82) is 0 Å². The van der Waals surface area contributed by atoms with Gasteiger partial charge in [0.2, 0.25) is 10.0 Å². The van der Waals surface area contributed by atoms with Crippen LogP contribution in [0.3, 0.4) is 0 Å². The number of sulfonamides is 1. The second-order valence-corrected chi connectivity index (χ2v) is 10.4. The highest BCUT2D eigenvalue weighted by atomic mass is 32.2. The molecule has 0 saturated carbocycles. The first-order valence-electron chi connectivity index (χ1n) is 11.6. The van der Waals surface area contributed by atoms with Crippen LogP contribution in [-0.2, 0) is 16.6 Å². The van der Waals surface area contributed by atoms with Crippen LogP contribution in [0.2, 0.25) is 0 Å². The van der Waals surface area contributed by atoms with Crippen LogP contribution in [0.4, 0.5) is 5.69 Å². The standard InChI is InChI=1S/C26H31N3O4S/c1-4-33-24-13-12-22(17-25(24)34(31,32)28-14-8-9-15-28)27-26(30)23-16-19(2)29(20(23)3)18-21-10-6-5-7-11-21/h5-7,10-13,16-17H,4,8-9,14-15,18H2,1-3H3,(H,27,30). The Morgan fingerprint density at radius 2 is 1.74 bits per heavy atom. The van der Waals surface area contributed by atoms with Gasteiger partial charge in [0.15, 0.2) is 0 Å². The number of aryl methyl sites for hydroxylation is 1. The minimum absolute atomic E-state index is 0.0867. The van der Waals surface area contributed by atoms with Gasteiger partial charge in [-0.2, -0.15) is 4.31 Å². The Kier molecular flexibility index (Phi) is 7.09. The number of benzene rings is 2. The summed E-state index contributed by atoms with van der Waals surface area (Å²) in [5, 5.41) is 2.89. The van der Waals surface area contributed by atoms with Gasteiger partial charge in [0.1, 0.15) is 10.6 Å². The van der Waals surface area contributed by atoms with Crippen LogP contribution < -0.4 is 10.1 Å². The highest BCUT2D eigenvalue weighted by Crippen LogP contribution is 2.32. The highest BCUT2D eigenvalue weighted by Gasteiger charge is 2.30. The lowest BCUT2D eigenvalue weighted by Crippen LogP contribution is -2.28. The average Bonchev–Trinajstić information content (AvgIpc) is 3.46. The Labute approximate surface area is 201 Å². The number of nitrogens with one attached hydrogen (secondary N) is 1. The normalized spacial score (nSPS) is 14.3. The van der Waals surface area contributed by atoms with Crippen LogP contribution in [0.1, 0.15) is 47.1 Å². The summed E-state index contributed by atoms with van der Waals surface area (Å²) in [7, 11) is -3.71. The summed E-state index contributed by atoms with van der Waals surface area (Å²) < 4.78 is 35.7. The minimum Gasteiger partial charge on any atom is -0.492 e. The van der Waals surface area contributed by atoms with Crippen molar-refractivity contribution in [3.05, 3.63) is 77.1 Å². The number of carbonyl (C=O) groups excluding carboxylic acids is 1. The average molecular weight is 482 g/mol. The Morgan fingerprint density at radius 3 is 2.41 bits per heavy atom. The van der Waals surface area contributed by atoms with Gasteiger partial charge in [-0.05, 0) is 63.4 Å². The number of amides is 1. The molecule has 1 aliphatic rings. The number of nitrogens with zero attached hydrogens (tertiary/aromatic N) is 2. The molecule has 0 unspecified atom stereocenters. The molecule has 0 radical (unpaired) electrons. The smallest absolute Gasteiger partial charge is 0.257 e. The number of aromatic nitrogens is 1. The zero-order chi connectivity index (χ0) is 24.3. The van der Waals surface area contributed by atoms with E-state index >= 15 is 0 Å². The van der Waals surface area contributed by atoms with Crippen LogP contribution in [0.25, 0.3) is 0 Å². The third-order valence-corrected chi connectivity index (χ3v) is 8.11. The van der Waals surface area contributed by atoms with Crippen LogP contribution in [0.15, 0.2) is 59.5 Å². The number of anilines is 1. The molecule has 1 fully saturated rings. The molecular weight excluding hydrogens is 450 g/mol. The molecule has 1 aromatic heterocycles. The maximum absolute atomic E-state index is 13.2. The molecule has 0 aliphatic carbocycles. The van der Waals surface area contributed by atoms with E-state index in [4.69, 9.17) is 4.74 Å². The Balaban J connectivity index is 1.60. The van der Waals surface area contributed by atoms with E-state index in [0.29, 0.717) is 43.2 Å². The van der Waals surface area contributed by atoms with Gasteiger partial charge >= 0.3 is 0 Å². The number of ether oxygens (including phenoxy) is 1. The van der Waals surface area contributed by atoms with E-state index in [1.165, 1.54) is 10.4 Å². The summed E-state index contributed by atoms with van der Waals surface area (Å²) >= 11 is 0. The van der Waals surface area contributed by atoms with Crippen molar-refractivity contribution in [3.8, 4) is 5.75 Å². The van der Waals surface area contributed by atoms with Gasteiger partial charge in [-0.15, -0.1) is 0 Å². The van der Waals surface area contributed by atoms with Gasteiger partial charge in [-0.3, -0.25) is 4.79 Å². The molecule has 1 N–H and O–H groups in total. The summed E-state index contributed by atoms with van der Waals surface area (Å²) in [6, 6.07) is 16.7. The molecule has 1 aliphatic heterocycles. The molecule has 1 amide bonds. The van der Waals surface area contributed by atoms with Gasteiger partial charge in [0.25, 0.3) is 5.91 Å². The lowest BCUT2D eigenvalue weighted by atomic mass is 10.2. The summed E-state index contributed by atoms with van der Waals surface area (Å²) in [6.45, 7) is 7.73. The van der Waals surface area contributed by atoms with Crippen molar-refractivity contribution in [1.82, 2.24) is 8.87 Å². The first-order valence-corrected chi connectivity index (χ1v) is 13.0. The van der Waals surface area contributed by atoms with Crippen LogP contribution in [-0.4, -0.2) is 42.9 Å². The second-order valence-electron chi connectivity index (χ2n) is 8.52. The fourth-order valence-corrected chi connectivity index (χ4v) is 6.04. The van der Waals surface area contributed by atoms with Crippen molar-refractivity contribution in [2.45, 2.75) is 45.1 Å². The molecule has 3 aromatic rings. The van der Waals surface area contributed by atoms with E-state index in [1.807, 2.05) is 45.0 Å². The first kappa shape index (κ1) is 24.0. The van der Waals surface area contributed by atoms with Crippen LogP contribution in [0, 0.1) is 13.8 Å². The predicted octanol–water partition coefficient (Wildman–Crippen LogP) is 4.59. The summed E-state index contributed by atoms with van der Waals surface area (Å²) in [6.07, 6.45) is 1.69. The lowest BCUT2D eigenvalue weighted by Gasteiger charge is -2.19. The van der Waals surface area contributed by atoms with E-state index < -0.39 is 10.0 Å². The third-order valence-electron chi connectivity index (χ3n) is 6.19. The molecule has 2 heterocycles. The first-order chi connectivity index (χ1) is 16.3. The van der Waals surface area contributed by atoms with Crippen molar-refractivity contribution >= 4 is 21.6 Å². The van der Waals surface area contributed by atoms with E-state index in [1.54, 1.807) is 12.1 Å². The SMILES string of the molecule is CCOc1ccc(NC(=O)c2cc(C)n(Cc3ccccc3)c2C)cc1S(=O)(=O)N1CCCC1. The molecule has 0 atom stereocenters. The Bertz CT molecular complexity index is 1280. The Morgan fingerprint density at radius 1 is 1.03 bits per heavy atom. The summed E-state index contributed by atoms with van der Waals surface area (Å²) in [5.74, 6) is 0.0227. The molecule has 7 nitrogen and oxygen atoms in total. The zero-order valence-corrected chi connectivity index (χ0v) is 20.7. The molecular formula is C26H31N3O4S. The van der Waals surface area contributed by atoms with E-state index in [9.17, 15) is 13.2 Å².